The Morgan fingerprint density at radius 3 is 1.56 bits per heavy atom. The van der Waals surface area contributed by atoms with Crippen LogP contribution < -0.4 is 5.73 Å². The van der Waals surface area contributed by atoms with Crippen LogP contribution in [0.25, 0.3) is 33.9 Å². The summed E-state index contributed by atoms with van der Waals surface area (Å²) in [4.78, 5) is 30.7. The van der Waals surface area contributed by atoms with E-state index in [9.17, 15) is 18.4 Å². The predicted molar refractivity (Wildman–Crippen MR) is 220 cm³/mol. The third kappa shape index (κ3) is 12.2. The molecule has 0 saturated carbocycles. The fourth-order valence-corrected chi connectivity index (χ4v) is 5.52. The van der Waals surface area contributed by atoms with Crippen molar-refractivity contribution < 1.29 is 27.8 Å². The summed E-state index contributed by atoms with van der Waals surface area (Å²) in [5.74, 6) is -1.28. The Labute approximate surface area is 343 Å². The number of pyridine rings is 2. The van der Waals surface area contributed by atoms with E-state index in [1.54, 1.807) is 61.4 Å². The third-order valence-electron chi connectivity index (χ3n) is 8.35. The van der Waals surface area contributed by atoms with Crippen molar-refractivity contribution in [1.82, 2.24) is 29.5 Å². The number of aromatic nitrogens is 6. The van der Waals surface area contributed by atoms with Crippen molar-refractivity contribution in [2.45, 2.75) is 19.6 Å². The molecule has 0 atom stereocenters. The molecule has 2 N–H and O–H groups in total. The maximum Gasteiger partial charge on any atom is 0.404 e. The lowest BCUT2D eigenvalue weighted by molar-refractivity contribution is -0.144. The topological polar surface area (TPSA) is 140 Å². The highest BCUT2D eigenvalue weighted by molar-refractivity contribution is 6.61. The molecule has 0 radical (unpaired) electrons. The number of nitrogens with zero attached hydrogens (tertiary/aromatic N) is 6. The maximum atomic E-state index is 14.6. The van der Waals surface area contributed by atoms with Crippen LogP contribution in [0.1, 0.15) is 16.7 Å². The van der Waals surface area contributed by atoms with Gasteiger partial charge >= 0.3 is 11.4 Å². The van der Waals surface area contributed by atoms with Crippen molar-refractivity contribution >= 4 is 28.7 Å². The molecule has 11 nitrogen and oxygen atoms in total. The van der Waals surface area contributed by atoms with E-state index in [-0.39, 0.29) is 19.6 Å². The molecule has 59 heavy (non-hydrogen) atoms. The molecule has 0 saturated heterocycles. The number of ether oxygens (including phenoxy) is 2. The van der Waals surface area contributed by atoms with Gasteiger partial charge < -0.3 is 15.2 Å². The number of rotatable bonds is 10. The van der Waals surface area contributed by atoms with Crippen LogP contribution in [0.15, 0.2) is 171 Å². The van der Waals surface area contributed by atoms with Gasteiger partial charge in [-0.25, -0.2) is 22.9 Å². The van der Waals surface area contributed by atoms with Crippen LogP contribution in [-0.4, -0.2) is 40.9 Å². The highest BCUT2D eigenvalue weighted by Crippen LogP contribution is 2.22. The number of halogens is 3. The van der Waals surface area contributed by atoms with Gasteiger partial charge in [0.1, 0.15) is 30.4 Å². The minimum absolute atomic E-state index is 0.00231. The Morgan fingerprint density at radius 2 is 1.08 bits per heavy atom. The number of benzene rings is 4. The Kier molecular flexibility index (Phi) is 14.4. The first-order valence-electron chi connectivity index (χ1n) is 18.0. The summed E-state index contributed by atoms with van der Waals surface area (Å²) < 4.78 is 41.1. The molecule has 8 rings (SSSR count). The summed E-state index contributed by atoms with van der Waals surface area (Å²) >= 11 is 4.97. The molecule has 4 aromatic carbocycles. The van der Waals surface area contributed by atoms with Crippen molar-refractivity contribution in [1.29, 1.82) is 0 Å². The minimum Gasteiger partial charge on any atom is -0.461 e. The first-order chi connectivity index (χ1) is 28.7. The average molecular weight is 812 g/mol. The Hall–Kier alpha value is -7.51. The van der Waals surface area contributed by atoms with Crippen LogP contribution in [0.2, 0.25) is 0 Å². The molecule has 0 unspecified atom stereocenters. The molecule has 8 aromatic rings. The zero-order valence-corrected chi connectivity index (χ0v) is 32.1. The lowest BCUT2D eigenvalue weighted by Crippen LogP contribution is -2.09. The zero-order valence-electron chi connectivity index (χ0n) is 31.3. The fourth-order valence-electron chi connectivity index (χ4n) is 5.47. The van der Waals surface area contributed by atoms with Gasteiger partial charge in [0.2, 0.25) is 0 Å². The second kappa shape index (κ2) is 20.6. The number of anilines is 1. The highest BCUT2D eigenvalue weighted by Gasteiger charge is 2.12. The van der Waals surface area contributed by atoms with Gasteiger partial charge in [-0.15, -0.1) is 0 Å². The summed E-state index contributed by atoms with van der Waals surface area (Å²) in [6.07, 6.45) is 10.1. The number of nitrogens with two attached hydrogens (primary N) is 1. The average Bonchev–Trinajstić information content (AvgIpc) is 3.96. The van der Waals surface area contributed by atoms with Gasteiger partial charge in [-0.3, -0.25) is 14.8 Å². The number of esters is 1. The molecule has 0 amide bonds. The van der Waals surface area contributed by atoms with Gasteiger partial charge in [-0.2, -0.15) is 10.2 Å². The monoisotopic (exact) mass is 811 g/mol. The number of carbonyl (C=O) groups is 2. The molecular weight excluding hydrogens is 776 g/mol. The van der Waals surface area contributed by atoms with Gasteiger partial charge in [0.25, 0.3) is 0 Å². The summed E-state index contributed by atoms with van der Waals surface area (Å²) in [6, 6.07) is 39.1. The molecule has 4 heterocycles. The van der Waals surface area contributed by atoms with Crippen molar-refractivity contribution in [3.63, 3.8) is 0 Å². The fraction of sp³-hybridized carbons (Fsp3) is 0.0667. The normalized spacial score (nSPS) is 10.4. The van der Waals surface area contributed by atoms with E-state index >= 15 is 0 Å². The smallest absolute Gasteiger partial charge is 0.404 e. The van der Waals surface area contributed by atoms with Gasteiger partial charge in [-0.1, -0.05) is 78.9 Å². The minimum atomic E-state index is -0.770. The Morgan fingerprint density at radius 1 is 0.593 bits per heavy atom. The van der Waals surface area contributed by atoms with Gasteiger partial charge in [0, 0.05) is 53.2 Å². The standard InChI is InChI=1S/C23H18FN3O2.C14H11FN4.C8H7ClO2/c24-20-12-18(13-23(28)29-16-17-6-2-1-3-7-17)9-10-22(20)27-15-19(14-26-27)21-8-4-5-11-25-21;15-12-7-11(16)4-5-14(12)19-9-10(8-18-19)13-3-1-2-6-17-13;9-8(10)11-6-7-4-2-1-3-5-7/h1-12,14-15H,13,16H2;1-9H,16H2;1-5H,6H2. The first-order valence-corrected chi connectivity index (χ1v) is 18.4. The van der Waals surface area contributed by atoms with E-state index in [1.807, 2.05) is 97.1 Å². The largest absolute Gasteiger partial charge is 0.461 e. The summed E-state index contributed by atoms with van der Waals surface area (Å²) in [5, 5.41) is 8.37. The molecule has 0 fully saturated rings. The first kappa shape index (κ1) is 41.1. The molecule has 4 aromatic heterocycles. The molecule has 14 heteroatoms. The van der Waals surface area contributed by atoms with Crippen molar-refractivity contribution in [3.05, 3.63) is 199 Å². The van der Waals surface area contributed by atoms with E-state index in [1.165, 1.54) is 21.5 Å². The Bertz CT molecular complexity index is 2580. The Balaban J connectivity index is 0.000000166. The SMILES string of the molecule is Nc1ccc(-n2cc(-c3ccccn3)cn2)c(F)c1.O=C(Cc1ccc(-n2cc(-c3ccccn3)cn2)c(F)c1)OCc1ccccc1.O=C(Cl)OCc1ccccc1. The van der Waals surface area contributed by atoms with E-state index in [4.69, 9.17) is 22.1 Å². The molecule has 0 bridgehead atoms. The third-order valence-corrected chi connectivity index (χ3v) is 8.46. The summed E-state index contributed by atoms with van der Waals surface area (Å²) in [5.41, 5.74) is 11.4. The van der Waals surface area contributed by atoms with Crippen LogP contribution in [0.3, 0.4) is 0 Å². The summed E-state index contributed by atoms with van der Waals surface area (Å²) in [6.45, 7) is 0.437. The van der Waals surface area contributed by atoms with Crippen LogP contribution in [0.4, 0.5) is 19.3 Å². The molecular formula is C45H36ClF2N7O4. The zero-order chi connectivity index (χ0) is 41.4. The lowest BCUT2D eigenvalue weighted by Gasteiger charge is -2.07. The molecule has 0 aliphatic heterocycles. The van der Waals surface area contributed by atoms with Gasteiger partial charge in [-0.05, 0) is 71.3 Å². The van der Waals surface area contributed by atoms with Crippen molar-refractivity contribution in [2.24, 2.45) is 0 Å². The number of hydrogen-bond donors (Lipinski definition) is 1. The molecule has 0 aliphatic carbocycles. The van der Waals surface area contributed by atoms with E-state index < -0.39 is 23.0 Å². The maximum absolute atomic E-state index is 14.6. The van der Waals surface area contributed by atoms with Crippen LogP contribution >= 0.6 is 11.6 Å². The summed E-state index contributed by atoms with van der Waals surface area (Å²) in [7, 11) is 0. The molecule has 0 spiro atoms. The van der Waals surface area contributed by atoms with Crippen molar-refractivity contribution in [3.8, 4) is 33.9 Å². The van der Waals surface area contributed by atoms with Crippen LogP contribution in [-0.2, 0) is 33.9 Å². The number of carbonyl (C=O) groups excluding carboxylic acids is 2. The lowest BCUT2D eigenvalue weighted by atomic mass is 10.1. The van der Waals surface area contributed by atoms with E-state index in [2.05, 4.69) is 24.9 Å². The van der Waals surface area contributed by atoms with E-state index in [0.29, 0.717) is 22.6 Å². The van der Waals surface area contributed by atoms with Crippen LogP contribution in [0.5, 0.6) is 0 Å². The van der Waals surface area contributed by atoms with Gasteiger partial charge in [0.15, 0.2) is 5.82 Å². The van der Waals surface area contributed by atoms with E-state index in [0.717, 1.165) is 33.6 Å². The molecule has 296 valence electrons. The quantitative estimate of drug-likeness (QED) is 0.0812. The number of nitrogen functional groups attached to an aromatic ring is 1. The van der Waals surface area contributed by atoms with Crippen LogP contribution in [0, 0.1) is 11.6 Å². The highest BCUT2D eigenvalue weighted by atomic mass is 35.5. The second-order valence-corrected chi connectivity index (χ2v) is 12.9. The van der Waals surface area contributed by atoms with Crippen molar-refractivity contribution in [2.75, 3.05) is 5.73 Å². The van der Waals surface area contributed by atoms with Gasteiger partial charge in [0.05, 0.1) is 30.2 Å². The number of hydrogen-bond acceptors (Lipinski definition) is 9. The second-order valence-electron chi connectivity index (χ2n) is 12.6. The predicted octanol–water partition coefficient (Wildman–Crippen LogP) is 9.58. The molecule has 0 aliphatic rings.